The minimum absolute atomic E-state index is 0.0622. The first-order chi connectivity index (χ1) is 9.54. The van der Waals surface area contributed by atoms with Crippen molar-refractivity contribution in [1.29, 1.82) is 0 Å². The molecule has 0 aliphatic carbocycles. The van der Waals surface area contributed by atoms with E-state index in [1.165, 1.54) is 5.56 Å². The zero-order chi connectivity index (χ0) is 16.0. The standard InChI is InChI=1S/C17H24N2O2/c1-11-14(20)18-17(5,6)15(21)19(11)13-9-7-12(8-10-13)16(2,3)4/h7-11H,1-6H3,(H,18,20). The molecule has 1 aromatic rings. The molecule has 4 heteroatoms. The second kappa shape index (κ2) is 4.86. The third-order valence-electron chi connectivity index (χ3n) is 3.97. The van der Waals surface area contributed by atoms with Gasteiger partial charge in [-0.05, 0) is 43.9 Å². The fourth-order valence-corrected chi connectivity index (χ4v) is 2.52. The van der Waals surface area contributed by atoms with Crippen LogP contribution in [0.25, 0.3) is 0 Å². The summed E-state index contributed by atoms with van der Waals surface area (Å²) in [6, 6.07) is 7.39. The van der Waals surface area contributed by atoms with Gasteiger partial charge in [-0.15, -0.1) is 0 Å². The zero-order valence-corrected chi connectivity index (χ0v) is 13.7. The minimum Gasteiger partial charge on any atom is -0.340 e. The number of carbonyl (C=O) groups is 2. The summed E-state index contributed by atoms with van der Waals surface area (Å²) in [5.74, 6) is -0.211. The maximum absolute atomic E-state index is 12.6. The van der Waals surface area contributed by atoms with Gasteiger partial charge in [0, 0.05) is 5.69 Å². The Labute approximate surface area is 126 Å². The highest BCUT2D eigenvalue weighted by molar-refractivity contribution is 6.10. The van der Waals surface area contributed by atoms with E-state index in [9.17, 15) is 9.59 Å². The van der Waals surface area contributed by atoms with Gasteiger partial charge >= 0.3 is 0 Å². The largest absolute Gasteiger partial charge is 0.340 e. The molecule has 0 radical (unpaired) electrons. The molecule has 0 aromatic heterocycles. The Morgan fingerprint density at radius 3 is 2.10 bits per heavy atom. The fraction of sp³-hybridized carbons (Fsp3) is 0.529. The Morgan fingerprint density at radius 1 is 1.10 bits per heavy atom. The van der Waals surface area contributed by atoms with Crippen molar-refractivity contribution in [2.24, 2.45) is 0 Å². The number of piperazine rings is 1. The van der Waals surface area contributed by atoms with Crippen molar-refractivity contribution in [2.75, 3.05) is 4.90 Å². The molecule has 0 saturated carbocycles. The summed E-state index contributed by atoms with van der Waals surface area (Å²) in [7, 11) is 0. The number of carbonyl (C=O) groups excluding carboxylic acids is 2. The average molecular weight is 288 g/mol. The van der Waals surface area contributed by atoms with Crippen molar-refractivity contribution in [3.63, 3.8) is 0 Å². The maximum atomic E-state index is 12.6. The highest BCUT2D eigenvalue weighted by Gasteiger charge is 2.44. The summed E-state index contributed by atoms with van der Waals surface area (Å²) in [5.41, 5.74) is 1.16. The number of nitrogens with zero attached hydrogens (tertiary/aromatic N) is 1. The molecule has 0 spiro atoms. The second-order valence-electron chi connectivity index (χ2n) is 7.26. The molecule has 0 bridgehead atoms. The monoisotopic (exact) mass is 288 g/mol. The fourth-order valence-electron chi connectivity index (χ4n) is 2.52. The van der Waals surface area contributed by atoms with Crippen LogP contribution >= 0.6 is 0 Å². The molecular formula is C17H24N2O2. The highest BCUT2D eigenvalue weighted by atomic mass is 16.2. The minimum atomic E-state index is -0.869. The molecule has 1 atom stereocenters. The van der Waals surface area contributed by atoms with E-state index in [2.05, 4.69) is 26.1 Å². The number of amides is 2. The molecule has 1 aromatic carbocycles. The van der Waals surface area contributed by atoms with E-state index in [-0.39, 0.29) is 17.2 Å². The third kappa shape index (κ3) is 2.80. The van der Waals surface area contributed by atoms with Gasteiger partial charge in [0.1, 0.15) is 11.6 Å². The number of anilines is 1. The molecule has 2 amide bonds. The Hall–Kier alpha value is -1.84. The van der Waals surface area contributed by atoms with E-state index in [0.29, 0.717) is 0 Å². The van der Waals surface area contributed by atoms with E-state index in [1.54, 1.807) is 25.7 Å². The quantitative estimate of drug-likeness (QED) is 0.863. The molecule has 1 unspecified atom stereocenters. The molecule has 1 aliphatic rings. The van der Waals surface area contributed by atoms with Gasteiger partial charge in [-0.3, -0.25) is 14.5 Å². The van der Waals surface area contributed by atoms with Crippen molar-refractivity contribution < 1.29 is 9.59 Å². The van der Waals surface area contributed by atoms with Crippen LogP contribution in [0.5, 0.6) is 0 Å². The van der Waals surface area contributed by atoms with Crippen LogP contribution in [0.4, 0.5) is 5.69 Å². The lowest BCUT2D eigenvalue weighted by atomic mass is 9.87. The third-order valence-corrected chi connectivity index (χ3v) is 3.97. The average Bonchev–Trinajstić information content (AvgIpc) is 2.36. The Balaban J connectivity index is 2.39. The topological polar surface area (TPSA) is 49.4 Å². The zero-order valence-electron chi connectivity index (χ0n) is 13.7. The second-order valence-corrected chi connectivity index (χ2v) is 7.26. The summed E-state index contributed by atoms with van der Waals surface area (Å²) in [5, 5.41) is 2.76. The van der Waals surface area contributed by atoms with E-state index >= 15 is 0 Å². The molecule has 1 saturated heterocycles. The van der Waals surface area contributed by atoms with Crippen molar-refractivity contribution in [1.82, 2.24) is 5.32 Å². The lowest BCUT2D eigenvalue weighted by Crippen LogP contribution is -2.67. The van der Waals surface area contributed by atoms with Gasteiger partial charge < -0.3 is 5.32 Å². The Morgan fingerprint density at radius 2 is 1.62 bits per heavy atom. The highest BCUT2D eigenvalue weighted by Crippen LogP contribution is 2.28. The lowest BCUT2D eigenvalue weighted by molar-refractivity contribution is -0.136. The lowest BCUT2D eigenvalue weighted by Gasteiger charge is -2.41. The maximum Gasteiger partial charge on any atom is 0.252 e. The van der Waals surface area contributed by atoms with E-state index in [1.807, 2.05) is 24.3 Å². The molecule has 1 fully saturated rings. The van der Waals surface area contributed by atoms with Crippen LogP contribution < -0.4 is 10.2 Å². The summed E-state index contributed by atoms with van der Waals surface area (Å²) in [4.78, 5) is 26.2. The first kappa shape index (κ1) is 15.5. The van der Waals surface area contributed by atoms with Gasteiger partial charge in [0.25, 0.3) is 5.91 Å². The molecule has 1 N–H and O–H groups in total. The summed E-state index contributed by atoms with van der Waals surface area (Å²) in [6.07, 6.45) is 0. The van der Waals surface area contributed by atoms with E-state index in [4.69, 9.17) is 0 Å². The molecule has 1 aliphatic heterocycles. The van der Waals surface area contributed by atoms with Gasteiger partial charge in [0.05, 0.1) is 0 Å². The predicted molar refractivity (Wildman–Crippen MR) is 84.3 cm³/mol. The number of nitrogens with one attached hydrogen (secondary N) is 1. The predicted octanol–water partition coefficient (Wildman–Crippen LogP) is 2.61. The first-order valence-electron chi connectivity index (χ1n) is 7.30. The van der Waals surface area contributed by atoms with Crippen molar-refractivity contribution >= 4 is 17.5 Å². The van der Waals surface area contributed by atoms with Gasteiger partial charge in [0.15, 0.2) is 0 Å². The Kier molecular flexibility index (Phi) is 3.60. The van der Waals surface area contributed by atoms with E-state index < -0.39 is 11.6 Å². The van der Waals surface area contributed by atoms with Crippen LogP contribution in [-0.4, -0.2) is 23.4 Å². The molecule has 114 valence electrons. The number of hydrogen-bond donors (Lipinski definition) is 1. The first-order valence-corrected chi connectivity index (χ1v) is 7.30. The molecule has 4 nitrogen and oxygen atoms in total. The molecule has 21 heavy (non-hydrogen) atoms. The van der Waals surface area contributed by atoms with E-state index in [0.717, 1.165) is 5.69 Å². The van der Waals surface area contributed by atoms with Crippen LogP contribution in [0, 0.1) is 0 Å². The van der Waals surface area contributed by atoms with Crippen LogP contribution in [0.3, 0.4) is 0 Å². The van der Waals surface area contributed by atoms with Crippen LogP contribution in [-0.2, 0) is 15.0 Å². The molecular weight excluding hydrogens is 264 g/mol. The van der Waals surface area contributed by atoms with Crippen LogP contribution in [0.2, 0.25) is 0 Å². The summed E-state index contributed by atoms with van der Waals surface area (Å²) < 4.78 is 0. The van der Waals surface area contributed by atoms with Gasteiger partial charge in [-0.25, -0.2) is 0 Å². The number of hydrogen-bond acceptors (Lipinski definition) is 2. The normalized spacial score (nSPS) is 22.2. The number of rotatable bonds is 1. The Bertz CT molecular complexity index is 567. The van der Waals surface area contributed by atoms with Crippen LogP contribution in [0.15, 0.2) is 24.3 Å². The van der Waals surface area contributed by atoms with Crippen molar-refractivity contribution in [2.45, 2.75) is 58.5 Å². The van der Waals surface area contributed by atoms with Gasteiger partial charge in [-0.1, -0.05) is 32.9 Å². The van der Waals surface area contributed by atoms with Crippen LogP contribution in [0.1, 0.15) is 47.1 Å². The van der Waals surface area contributed by atoms with Gasteiger partial charge in [0.2, 0.25) is 5.91 Å². The summed E-state index contributed by atoms with van der Waals surface area (Å²) >= 11 is 0. The smallest absolute Gasteiger partial charge is 0.252 e. The molecule has 2 rings (SSSR count). The SMILES string of the molecule is CC1C(=O)NC(C)(C)C(=O)N1c1ccc(C(C)(C)C)cc1. The number of benzene rings is 1. The van der Waals surface area contributed by atoms with Crippen molar-refractivity contribution in [3.05, 3.63) is 29.8 Å². The van der Waals surface area contributed by atoms with Crippen molar-refractivity contribution in [3.8, 4) is 0 Å². The molecule has 1 heterocycles. The summed E-state index contributed by atoms with van der Waals surface area (Å²) in [6.45, 7) is 11.7. The van der Waals surface area contributed by atoms with Gasteiger partial charge in [-0.2, -0.15) is 0 Å².